The molecule has 2 saturated heterocycles. The molecule has 2 aliphatic heterocycles. The van der Waals surface area contributed by atoms with E-state index in [1.165, 1.54) is 4.31 Å². The van der Waals surface area contributed by atoms with Gasteiger partial charge in [-0.25, -0.2) is 8.42 Å². The topological polar surface area (TPSA) is 88.2 Å². The molecule has 2 heterocycles. The van der Waals surface area contributed by atoms with E-state index in [4.69, 9.17) is 9.47 Å². The molecule has 0 unspecified atom stereocenters. The zero-order chi connectivity index (χ0) is 21.8. The Balaban J connectivity index is 1.69. The van der Waals surface area contributed by atoms with E-state index in [0.717, 1.165) is 11.3 Å². The normalized spacial score (nSPS) is 18.0. The van der Waals surface area contributed by atoms with Crippen LogP contribution < -0.4 is 10.2 Å². The summed E-state index contributed by atoms with van der Waals surface area (Å²) in [5, 5.41) is 2.95. The summed E-state index contributed by atoms with van der Waals surface area (Å²) in [7, 11) is -3.68. The number of carbonyl (C=O) groups is 1. The highest BCUT2D eigenvalue weighted by Gasteiger charge is 2.28. The highest BCUT2D eigenvalue weighted by atomic mass is 32.2. The molecule has 0 atom stereocenters. The maximum absolute atomic E-state index is 13.2. The molecule has 0 aliphatic carbocycles. The van der Waals surface area contributed by atoms with Crippen molar-refractivity contribution in [3.8, 4) is 0 Å². The standard InChI is InChI=1S/C22H27N3O5S/c1-17-4-2-3-5-19(17)22(26)23-20-16-18(31(27,28)25-10-14-30-15-11-25)6-7-21(20)24-8-12-29-13-9-24/h2-7,16H,8-15H2,1H3,(H,23,26). The first kappa shape index (κ1) is 21.8. The number of aryl methyl sites for hydroxylation is 1. The maximum Gasteiger partial charge on any atom is 0.255 e. The SMILES string of the molecule is Cc1ccccc1C(=O)Nc1cc(S(=O)(=O)N2CCOCC2)ccc1N1CCOCC1. The molecule has 0 spiro atoms. The van der Waals surface area contributed by atoms with Gasteiger partial charge in [-0.3, -0.25) is 4.79 Å². The lowest BCUT2D eigenvalue weighted by atomic mass is 10.1. The zero-order valence-corrected chi connectivity index (χ0v) is 18.4. The first-order valence-corrected chi connectivity index (χ1v) is 11.8. The molecule has 31 heavy (non-hydrogen) atoms. The fourth-order valence-corrected chi connectivity index (χ4v) is 5.24. The van der Waals surface area contributed by atoms with E-state index in [-0.39, 0.29) is 10.8 Å². The number of amides is 1. The fourth-order valence-electron chi connectivity index (χ4n) is 3.81. The van der Waals surface area contributed by atoms with Gasteiger partial charge < -0.3 is 19.7 Å². The second kappa shape index (κ2) is 9.35. The van der Waals surface area contributed by atoms with Gasteiger partial charge in [0.15, 0.2) is 0 Å². The monoisotopic (exact) mass is 445 g/mol. The summed E-state index contributed by atoms with van der Waals surface area (Å²) in [6.07, 6.45) is 0. The average Bonchev–Trinajstić information content (AvgIpc) is 2.80. The molecule has 0 aromatic heterocycles. The van der Waals surface area contributed by atoms with Crippen molar-refractivity contribution in [1.29, 1.82) is 0 Å². The van der Waals surface area contributed by atoms with Crippen molar-refractivity contribution in [2.45, 2.75) is 11.8 Å². The summed E-state index contributed by atoms with van der Waals surface area (Å²) in [6, 6.07) is 12.3. The molecule has 8 nitrogen and oxygen atoms in total. The minimum atomic E-state index is -3.68. The molecule has 0 radical (unpaired) electrons. The summed E-state index contributed by atoms with van der Waals surface area (Å²) >= 11 is 0. The molecular formula is C22H27N3O5S. The van der Waals surface area contributed by atoms with Crippen LogP contribution in [0.15, 0.2) is 47.4 Å². The number of nitrogens with zero attached hydrogens (tertiary/aromatic N) is 2. The third kappa shape index (κ3) is 4.74. The molecule has 9 heteroatoms. The third-order valence-electron chi connectivity index (χ3n) is 5.57. The van der Waals surface area contributed by atoms with Crippen LogP contribution in [-0.2, 0) is 19.5 Å². The zero-order valence-electron chi connectivity index (χ0n) is 17.5. The second-order valence-electron chi connectivity index (χ2n) is 7.56. The molecule has 2 aliphatic rings. The fraction of sp³-hybridized carbons (Fsp3) is 0.409. The third-order valence-corrected chi connectivity index (χ3v) is 7.46. The Hall–Kier alpha value is -2.46. The van der Waals surface area contributed by atoms with Crippen LogP contribution in [0.4, 0.5) is 11.4 Å². The van der Waals surface area contributed by atoms with Gasteiger partial charge in [-0.1, -0.05) is 18.2 Å². The Bertz CT molecular complexity index is 1040. The number of morpholine rings is 2. The van der Waals surface area contributed by atoms with E-state index in [2.05, 4.69) is 10.2 Å². The van der Waals surface area contributed by atoms with E-state index in [9.17, 15) is 13.2 Å². The highest BCUT2D eigenvalue weighted by molar-refractivity contribution is 7.89. The number of ether oxygens (including phenoxy) is 2. The van der Waals surface area contributed by atoms with Gasteiger partial charge in [0.2, 0.25) is 10.0 Å². The van der Waals surface area contributed by atoms with E-state index < -0.39 is 10.0 Å². The van der Waals surface area contributed by atoms with Crippen LogP contribution in [0, 0.1) is 6.92 Å². The van der Waals surface area contributed by atoms with Gasteiger partial charge in [0, 0.05) is 31.7 Å². The molecule has 2 aromatic carbocycles. The maximum atomic E-state index is 13.2. The molecule has 0 bridgehead atoms. The minimum absolute atomic E-state index is 0.159. The quantitative estimate of drug-likeness (QED) is 0.758. The van der Waals surface area contributed by atoms with Crippen LogP contribution in [-0.4, -0.2) is 71.2 Å². The Labute approximate surface area is 182 Å². The number of nitrogens with one attached hydrogen (secondary N) is 1. The molecule has 0 saturated carbocycles. The predicted molar refractivity (Wildman–Crippen MR) is 118 cm³/mol. The van der Waals surface area contributed by atoms with E-state index >= 15 is 0 Å². The van der Waals surface area contributed by atoms with Crippen LogP contribution in [0.25, 0.3) is 0 Å². The summed E-state index contributed by atoms with van der Waals surface area (Å²) in [5.41, 5.74) is 2.66. The summed E-state index contributed by atoms with van der Waals surface area (Å²) in [4.78, 5) is 15.3. The first-order chi connectivity index (χ1) is 15.0. The van der Waals surface area contributed by atoms with Crippen LogP contribution in [0.2, 0.25) is 0 Å². The highest BCUT2D eigenvalue weighted by Crippen LogP contribution is 2.31. The van der Waals surface area contributed by atoms with E-state index in [1.807, 2.05) is 25.1 Å². The lowest BCUT2D eigenvalue weighted by molar-refractivity contribution is 0.0730. The van der Waals surface area contributed by atoms with Crippen LogP contribution in [0.5, 0.6) is 0 Å². The van der Waals surface area contributed by atoms with Gasteiger partial charge >= 0.3 is 0 Å². The Morgan fingerprint density at radius 2 is 1.58 bits per heavy atom. The molecule has 1 amide bonds. The van der Waals surface area contributed by atoms with Crippen molar-refractivity contribution < 1.29 is 22.7 Å². The number of sulfonamides is 1. The van der Waals surface area contributed by atoms with Crippen LogP contribution in [0.3, 0.4) is 0 Å². The van der Waals surface area contributed by atoms with Gasteiger partial charge in [0.25, 0.3) is 5.91 Å². The largest absolute Gasteiger partial charge is 0.379 e. The molecule has 166 valence electrons. The van der Waals surface area contributed by atoms with Gasteiger partial charge in [-0.05, 0) is 36.8 Å². The molecule has 4 rings (SSSR count). The van der Waals surface area contributed by atoms with Crippen molar-refractivity contribution in [3.05, 3.63) is 53.6 Å². The summed E-state index contributed by atoms with van der Waals surface area (Å²) < 4.78 is 38.5. The second-order valence-corrected chi connectivity index (χ2v) is 9.50. The Morgan fingerprint density at radius 1 is 0.935 bits per heavy atom. The van der Waals surface area contributed by atoms with Crippen molar-refractivity contribution in [2.24, 2.45) is 0 Å². The Morgan fingerprint density at radius 3 is 2.26 bits per heavy atom. The van der Waals surface area contributed by atoms with Crippen molar-refractivity contribution in [2.75, 3.05) is 62.8 Å². The molecule has 2 aromatic rings. The van der Waals surface area contributed by atoms with Crippen molar-refractivity contribution in [1.82, 2.24) is 4.31 Å². The van der Waals surface area contributed by atoms with Gasteiger partial charge in [-0.15, -0.1) is 0 Å². The lowest BCUT2D eigenvalue weighted by Gasteiger charge is -2.31. The van der Waals surface area contributed by atoms with Gasteiger partial charge in [-0.2, -0.15) is 4.31 Å². The first-order valence-electron chi connectivity index (χ1n) is 10.4. The van der Waals surface area contributed by atoms with Crippen molar-refractivity contribution in [3.63, 3.8) is 0 Å². The molecular weight excluding hydrogens is 418 g/mol. The number of benzene rings is 2. The number of hydrogen-bond donors (Lipinski definition) is 1. The van der Waals surface area contributed by atoms with E-state index in [1.54, 1.807) is 24.3 Å². The lowest BCUT2D eigenvalue weighted by Crippen LogP contribution is -2.40. The Kier molecular flexibility index (Phi) is 6.57. The smallest absolute Gasteiger partial charge is 0.255 e. The molecule has 1 N–H and O–H groups in total. The van der Waals surface area contributed by atoms with E-state index in [0.29, 0.717) is 63.9 Å². The number of carbonyl (C=O) groups excluding carboxylic acids is 1. The predicted octanol–water partition coefficient (Wildman–Crippen LogP) is 2.10. The molecule has 2 fully saturated rings. The van der Waals surface area contributed by atoms with Crippen LogP contribution >= 0.6 is 0 Å². The van der Waals surface area contributed by atoms with Gasteiger partial charge in [0.1, 0.15) is 0 Å². The number of anilines is 2. The average molecular weight is 446 g/mol. The minimum Gasteiger partial charge on any atom is -0.379 e. The van der Waals surface area contributed by atoms with Gasteiger partial charge in [0.05, 0.1) is 42.7 Å². The van der Waals surface area contributed by atoms with Crippen molar-refractivity contribution >= 4 is 27.3 Å². The summed E-state index contributed by atoms with van der Waals surface area (Å²) in [6.45, 7) is 5.77. The summed E-state index contributed by atoms with van der Waals surface area (Å²) in [5.74, 6) is -0.270. The number of rotatable bonds is 5. The van der Waals surface area contributed by atoms with Crippen LogP contribution in [0.1, 0.15) is 15.9 Å². The number of hydrogen-bond acceptors (Lipinski definition) is 6.